The summed E-state index contributed by atoms with van der Waals surface area (Å²) in [6, 6.07) is 8.63. The Morgan fingerprint density at radius 1 is 1.00 bits per heavy atom. The van der Waals surface area contributed by atoms with E-state index in [4.69, 9.17) is 0 Å². The first-order chi connectivity index (χ1) is 12.8. The summed E-state index contributed by atoms with van der Waals surface area (Å²) >= 11 is 0. The van der Waals surface area contributed by atoms with Crippen molar-refractivity contribution in [2.45, 2.75) is 52.5 Å². The van der Waals surface area contributed by atoms with Crippen molar-refractivity contribution in [1.82, 2.24) is 9.80 Å². The van der Waals surface area contributed by atoms with E-state index in [0.717, 1.165) is 32.4 Å². The van der Waals surface area contributed by atoms with E-state index in [1.165, 1.54) is 11.1 Å². The largest absolute Gasteiger partial charge is 0.346 e. The van der Waals surface area contributed by atoms with Gasteiger partial charge in [-0.25, -0.2) is 8.42 Å². The highest BCUT2D eigenvalue weighted by molar-refractivity contribution is 7.91. The maximum atomic E-state index is 12.1. The Balaban J connectivity index is 2.30. The van der Waals surface area contributed by atoms with Crippen LogP contribution in [0.2, 0.25) is 0 Å². The standard InChI is InChI=1S/C21H36N2O3S/c1-5-7-15-27(25,26)16-12-21(24)23(4)14-9-13-22(3)18-20-11-8-10-19(6-2)17-20/h8,10-11,17H,5-7,9,12-16,18H2,1-4H3. The molecule has 154 valence electrons. The molecule has 1 amide bonds. The molecule has 0 spiro atoms. The molecule has 0 atom stereocenters. The fraction of sp³-hybridized carbons (Fsp3) is 0.667. The van der Waals surface area contributed by atoms with Crippen LogP contribution in [0.5, 0.6) is 0 Å². The number of hydrogen-bond donors (Lipinski definition) is 0. The molecule has 1 aromatic rings. The van der Waals surface area contributed by atoms with Crippen molar-refractivity contribution >= 4 is 15.7 Å². The second-order valence-corrected chi connectivity index (χ2v) is 9.64. The normalized spacial score (nSPS) is 11.7. The number of benzene rings is 1. The molecule has 6 heteroatoms. The van der Waals surface area contributed by atoms with E-state index in [-0.39, 0.29) is 23.8 Å². The summed E-state index contributed by atoms with van der Waals surface area (Å²) in [5.41, 5.74) is 2.65. The lowest BCUT2D eigenvalue weighted by molar-refractivity contribution is -0.129. The first-order valence-electron chi connectivity index (χ1n) is 9.98. The van der Waals surface area contributed by atoms with E-state index in [1.807, 2.05) is 6.92 Å². The van der Waals surface area contributed by atoms with Crippen LogP contribution in [-0.2, 0) is 27.6 Å². The highest BCUT2D eigenvalue weighted by Crippen LogP contribution is 2.09. The molecule has 0 saturated heterocycles. The molecule has 5 nitrogen and oxygen atoms in total. The molecule has 0 unspecified atom stereocenters. The molecule has 0 aliphatic heterocycles. The number of carbonyl (C=O) groups is 1. The average molecular weight is 397 g/mol. The molecule has 27 heavy (non-hydrogen) atoms. The van der Waals surface area contributed by atoms with E-state index in [1.54, 1.807) is 11.9 Å². The van der Waals surface area contributed by atoms with Crippen molar-refractivity contribution in [3.05, 3.63) is 35.4 Å². The Kier molecular flexibility index (Phi) is 10.6. The zero-order valence-corrected chi connectivity index (χ0v) is 18.2. The predicted octanol–water partition coefficient (Wildman–Crippen LogP) is 3.13. The summed E-state index contributed by atoms with van der Waals surface area (Å²) in [4.78, 5) is 16.1. The Bertz CT molecular complexity index is 674. The quantitative estimate of drug-likeness (QED) is 0.514. The molecule has 0 aliphatic rings. The van der Waals surface area contributed by atoms with Crippen LogP contribution in [0.25, 0.3) is 0 Å². The topological polar surface area (TPSA) is 57.7 Å². The van der Waals surface area contributed by atoms with E-state index >= 15 is 0 Å². The zero-order chi connectivity index (χ0) is 20.3. The second kappa shape index (κ2) is 12.1. The molecule has 0 aliphatic carbocycles. The van der Waals surface area contributed by atoms with Gasteiger partial charge in [0, 0.05) is 26.6 Å². The number of unbranched alkanes of at least 4 members (excludes halogenated alkanes) is 1. The lowest BCUT2D eigenvalue weighted by Crippen LogP contribution is -2.31. The lowest BCUT2D eigenvalue weighted by atomic mass is 10.1. The van der Waals surface area contributed by atoms with Crippen molar-refractivity contribution in [1.29, 1.82) is 0 Å². The number of rotatable bonds is 13. The van der Waals surface area contributed by atoms with E-state index < -0.39 is 9.84 Å². The highest BCUT2D eigenvalue weighted by atomic mass is 32.2. The number of amides is 1. The molecule has 0 radical (unpaired) electrons. The minimum absolute atomic E-state index is 0.0379. The van der Waals surface area contributed by atoms with Crippen molar-refractivity contribution in [2.24, 2.45) is 0 Å². The van der Waals surface area contributed by atoms with Crippen LogP contribution in [0.15, 0.2) is 24.3 Å². The van der Waals surface area contributed by atoms with Gasteiger partial charge in [-0.3, -0.25) is 4.79 Å². The molecule has 0 bridgehead atoms. The van der Waals surface area contributed by atoms with Gasteiger partial charge in [0.25, 0.3) is 0 Å². The van der Waals surface area contributed by atoms with Crippen LogP contribution in [0.3, 0.4) is 0 Å². The smallest absolute Gasteiger partial charge is 0.223 e. The minimum Gasteiger partial charge on any atom is -0.346 e. The van der Waals surface area contributed by atoms with Crippen molar-refractivity contribution in [3.63, 3.8) is 0 Å². The van der Waals surface area contributed by atoms with Crippen LogP contribution in [-0.4, -0.2) is 62.8 Å². The SMILES string of the molecule is CCCCS(=O)(=O)CCC(=O)N(C)CCCN(C)Cc1cccc(CC)c1. The third-order valence-electron chi connectivity index (χ3n) is 4.75. The van der Waals surface area contributed by atoms with E-state index in [2.05, 4.69) is 43.1 Å². The average Bonchev–Trinajstić information content (AvgIpc) is 2.64. The van der Waals surface area contributed by atoms with E-state index in [0.29, 0.717) is 13.0 Å². The molecule has 0 N–H and O–H groups in total. The molecular weight excluding hydrogens is 360 g/mol. The summed E-state index contributed by atoms with van der Waals surface area (Å²) in [5, 5.41) is 0. The zero-order valence-electron chi connectivity index (χ0n) is 17.4. The molecule has 0 fully saturated rings. The minimum atomic E-state index is -3.10. The summed E-state index contributed by atoms with van der Waals surface area (Å²) in [7, 11) is 0.737. The third kappa shape index (κ3) is 9.91. The maximum absolute atomic E-state index is 12.1. The number of nitrogens with zero attached hydrogens (tertiary/aromatic N) is 2. The van der Waals surface area contributed by atoms with Crippen LogP contribution in [0.1, 0.15) is 50.7 Å². The maximum Gasteiger partial charge on any atom is 0.223 e. The Morgan fingerprint density at radius 2 is 1.70 bits per heavy atom. The number of aryl methyl sites for hydroxylation is 1. The lowest BCUT2D eigenvalue weighted by Gasteiger charge is -2.21. The van der Waals surface area contributed by atoms with Gasteiger partial charge in [0.15, 0.2) is 9.84 Å². The van der Waals surface area contributed by atoms with Crippen LogP contribution < -0.4 is 0 Å². The summed E-state index contributed by atoms with van der Waals surface area (Å²) in [6.07, 6.45) is 3.51. The monoisotopic (exact) mass is 396 g/mol. The van der Waals surface area contributed by atoms with Crippen LogP contribution in [0, 0.1) is 0 Å². The summed E-state index contributed by atoms with van der Waals surface area (Å²) < 4.78 is 23.7. The van der Waals surface area contributed by atoms with Gasteiger partial charge in [0.1, 0.15) is 0 Å². The molecular formula is C21H36N2O3S. The van der Waals surface area contributed by atoms with Crippen molar-refractivity contribution in [3.8, 4) is 0 Å². The second-order valence-electron chi connectivity index (χ2n) is 7.34. The van der Waals surface area contributed by atoms with Gasteiger partial charge in [0.05, 0.1) is 11.5 Å². The van der Waals surface area contributed by atoms with Crippen molar-refractivity contribution < 1.29 is 13.2 Å². The van der Waals surface area contributed by atoms with Gasteiger partial charge in [-0.1, -0.05) is 44.5 Å². The first kappa shape index (κ1) is 23.6. The van der Waals surface area contributed by atoms with Gasteiger partial charge >= 0.3 is 0 Å². The van der Waals surface area contributed by atoms with Gasteiger partial charge in [-0.15, -0.1) is 0 Å². The molecule has 1 rings (SSSR count). The Labute approximate surface area is 165 Å². The first-order valence-corrected chi connectivity index (χ1v) is 11.8. The van der Waals surface area contributed by atoms with Gasteiger partial charge in [-0.2, -0.15) is 0 Å². The van der Waals surface area contributed by atoms with E-state index in [9.17, 15) is 13.2 Å². The van der Waals surface area contributed by atoms with Gasteiger partial charge in [-0.05, 0) is 44.0 Å². The Morgan fingerprint density at radius 3 is 2.37 bits per heavy atom. The van der Waals surface area contributed by atoms with Crippen LogP contribution >= 0.6 is 0 Å². The van der Waals surface area contributed by atoms with Gasteiger partial charge < -0.3 is 9.80 Å². The molecule has 0 heterocycles. The fourth-order valence-electron chi connectivity index (χ4n) is 2.94. The predicted molar refractivity (Wildman–Crippen MR) is 113 cm³/mol. The number of hydrogen-bond acceptors (Lipinski definition) is 4. The van der Waals surface area contributed by atoms with Crippen molar-refractivity contribution in [2.75, 3.05) is 38.7 Å². The molecule has 0 saturated carbocycles. The fourth-order valence-corrected chi connectivity index (χ4v) is 4.36. The summed E-state index contributed by atoms with van der Waals surface area (Å²) in [5.74, 6) is 0.0577. The van der Waals surface area contributed by atoms with Crippen LogP contribution in [0.4, 0.5) is 0 Å². The third-order valence-corrected chi connectivity index (χ3v) is 6.48. The molecule has 0 aromatic heterocycles. The summed E-state index contributed by atoms with van der Waals surface area (Å²) in [6.45, 7) is 6.55. The highest BCUT2D eigenvalue weighted by Gasteiger charge is 2.15. The molecule has 1 aromatic carbocycles. The Hall–Kier alpha value is -1.40. The number of carbonyl (C=O) groups excluding carboxylic acids is 1. The number of sulfone groups is 1. The van der Waals surface area contributed by atoms with Gasteiger partial charge in [0.2, 0.25) is 5.91 Å².